The number of aromatic hydroxyl groups is 1. The van der Waals surface area contributed by atoms with Crippen LogP contribution in [0.25, 0.3) is 0 Å². The second-order valence-electron chi connectivity index (χ2n) is 2.74. The smallest absolute Gasteiger partial charge is 0.296 e. The number of rotatable bonds is 2. The van der Waals surface area contributed by atoms with Gasteiger partial charge in [-0.15, -0.1) is 0 Å². The number of nitrogen functional groups attached to an aromatic ring is 1. The van der Waals surface area contributed by atoms with Crippen LogP contribution in [0.1, 0.15) is 17.3 Å². The minimum atomic E-state index is -0.749. The molecule has 0 heterocycles. The number of nitrogens with zero attached hydrogens (tertiary/aromatic N) is 1. The molecule has 0 amide bonds. The lowest BCUT2D eigenvalue weighted by Gasteiger charge is -2.03. The Hall–Kier alpha value is -2.11. The summed E-state index contributed by atoms with van der Waals surface area (Å²) in [6.45, 7) is 1.22. The molecule has 14 heavy (non-hydrogen) atoms. The van der Waals surface area contributed by atoms with Crippen molar-refractivity contribution in [3.63, 3.8) is 0 Å². The number of carbonyl (C=O) groups is 1. The molecule has 1 aromatic rings. The highest BCUT2D eigenvalue weighted by Crippen LogP contribution is 2.30. The lowest BCUT2D eigenvalue weighted by atomic mass is 10.1. The Kier molecular flexibility index (Phi) is 2.37. The van der Waals surface area contributed by atoms with Crippen molar-refractivity contribution >= 4 is 17.2 Å². The van der Waals surface area contributed by atoms with Gasteiger partial charge in [-0.1, -0.05) is 0 Å². The largest absolute Gasteiger partial charge is 0.508 e. The standard InChI is InChI=1S/C8H8N2O4/c1-4(11)6-2-5(12)3-7(8(6)9)10(13)14/h2-3,12H,9H2,1H3. The van der Waals surface area contributed by atoms with E-state index < -0.39 is 16.4 Å². The summed E-state index contributed by atoms with van der Waals surface area (Å²) >= 11 is 0. The van der Waals surface area contributed by atoms with Gasteiger partial charge in [-0.2, -0.15) is 0 Å². The number of nitro benzene ring substituents is 1. The van der Waals surface area contributed by atoms with Crippen LogP contribution in [-0.4, -0.2) is 15.8 Å². The fourth-order valence-electron chi connectivity index (χ4n) is 1.07. The number of ketones is 1. The SMILES string of the molecule is CC(=O)c1cc(O)cc([N+](=O)[O-])c1N. The van der Waals surface area contributed by atoms with E-state index in [1.807, 2.05) is 0 Å². The van der Waals surface area contributed by atoms with Crippen molar-refractivity contribution in [2.75, 3.05) is 5.73 Å². The summed E-state index contributed by atoms with van der Waals surface area (Å²) in [6.07, 6.45) is 0. The summed E-state index contributed by atoms with van der Waals surface area (Å²) in [7, 11) is 0. The molecule has 0 aliphatic rings. The van der Waals surface area contributed by atoms with Crippen LogP contribution in [-0.2, 0) is 0 Å². The summed E-state index contributed by atoms with van der Waals surface area (Å²) in [5.41, 5.74) is 4.65. The molecule has 0 aliphatic carbocycles. The lowest BCUT2D eigenvalue weighted by molar-refractivity contribution is -0.384. The van der Waals surface area contributed by atoms with Gasteiger partial charge in [0.2, 0.25) is 0 Å². The molecule has 0 bridgehead atoms. The minimum Gasteiger partial charge on any atom is -0.508 e. The van der Waals surface area contributed by atoms with Crippen LogP contribution in [0.3, 0.4) is 0 Å². The molecule has 1 rings (SSSR count). The van der Waals surface area contributed by atoms with E-state index in [4.69, 9.17) is 10.8 Å². The Labute approximate surface area is 79.1 Å². The van der Waals surface area contributed by atoms with Gasteiger partial charge in [0.05, 0.1) is 16.6 Å². The Bertz CT molecular complexity index is 379. The van der Waals surface area contributed by atoms with Gasteiger partial charge in [-0.05, 0) is 13.0 Å². The van der Waals surface area contributed by atoms with Crippen molar-refractivity contribution in [2.45, 2.75) is 6.92 Å². The highest BCUT2D eigenvalue weighted by molar-refractivity contribution is 6.01. The average molecular weight is 196 g/mol. The molecule has 0 radical (unpaired) electrons. The zero-order valence-electron chi connectivity index (χ0n) is 7.35. The fourth-order valence-corrected chi connectivity index (χ4v) is 1.07. The second-order valence-corrected chi connectivity index (χ2v) is 2.74. The van der Waals surface area contributed by atoms with E-state index in [9.17, 15) is 14.9 Å². The molecule has 0 aromatic heterocycles. The molecule has 0 atom stereocenters. The van der Waals surface area contributed by atoms with Gasteiger partial charge < -0.3 is 10.8 Å². The quantitative estimate of drug-likeness (QED) is 0.242. The number of hydrogen-bond donors (Lipinski definition) is 2. The number of carbonyl (C=O) groups excluding carboxylic acids is 1. The van der Waals surface area contributed by atoms with Crippen molar-refractivity contribution < 1.29 is 14.8 Å². The molecule has 3 N–H and O–H groups in total. The lowest BCUT2D eigenvalue weighted by Crippen LogP contribution is -2.03. The van der Waals surface area contributed by atoms with Gasteiger partial charge in [-0.3, -0.25) is 14.9 Å². The highest BCUT2D eigenvalue weighted by atomic mass is 16.6. The van der Waals surface area contributed by atoms with Crippen LogP contribution in [0.15, 0.2) is 12.1 Å². The van der Waals surface area contributed by atoms with E-state index >= 15 is 0 Å². The molecule has 6 heteroatoms. The first-order chi connectivity index (χ1) is 6.43. The predicted octanol–water partition coefficient (Wildman–Crippen LogP) is 1.09. The van der Waals surface area contributed by atoms with Crippen LogP contribution in [0.5, 0.6) is 5.75 Å². The summed E-state index contributed by atoms with van der Waals surface area (Å²) < 4.78 is 0. The molecule has 0 unspecified atom stereocenters. The average Bonchev–Trinajstić information content (AvgIpc) is 2.07. The molecule has 0 spiro atoms. The normalized spacial score (nSPS) is 9.79. The second kappa shape index (κ2) is 3.33. The van der Waals surface area contributed by atoms with Crippen LogP contribution in [0.2, 0.25) is 0 Å². The maximum absolute atomic E-state index is 11.0. The topological polar surface area (TPSA) is 106 Å². The highest BCUT2D eigenvalue weighted by Gasteiger charge is 2.18. The molecule has 0 aliphatic heterocycles. The summed E-state index contributed by atoms with van der Waals surface area (Å²) in [4.78, 5) is 20.7. The number of nitro groups is 1. The van der Waals surface area contributed by atoms with E-state index in [0.29, 0.717) is 0 Å². The third kappa shape index (κ3) is 1.63. The van der Waals surface area contributed by atoms with Crippen LogP contribution in [0, 0.1) is 10.1 Å². The number of Topliss-reactive ketones (excluding diaryl/α,β-unsaturated/α-hetero) is 1. The van der Waals surface area contributed by atoms with Crippen LogP contribution in [0.4, 0.5) is 11.4 Å². The third-order valence-electron chi connectivity index (χ3n) is 1.72. The summed E-state index contributed by atoms with van der Waals surface area (Å²) in [5.74, 6) is -0.780. The molecule has 0 saturated heterocycles. The fraction of sp³-hybridized carbons (Fsp3) is 0.125. The molecular weight excluding hydrogens is 188 g/mol. The van der Waals surface area contributed by atoms with E-state index in [1.54, 1.807) is 0 Å². The molecule has 0 saturated carbocycles. The Morgan fingerprint density at radius 2 is 2.14 bits per heavy atom. The van der Waals surface area contributed by atoms with Gasteiger partial charge in [0, 0.05) is 0 Å². The number of nitrogens with two attached hydrogens (primary N) is 1. The first-order valence-electron chi connectivity index (χ1n) is 3.71. The number of phenolic OH excluding ortho intramolecular Hbond substituents is 1. The van der Waals surface area contributed by atoms with Gasteiger partial charge in [0.15, 0.2) is 5.78 Å². The van der Waals surface area contributed by atoms with Crippen molar-refractivity contribution in [2.24, 2.45) is 0 Å². The van der Waals surface area contributed by atoms with E-state index in [2.05, 4.69) is 0 Å². The van der Waals surface area contributed by atoms with Crippen molar-refractivity contribution in [1.82, 2.24) is 0 Å². The first kappa shape index (κ1) is 9.97. The molecule has 74 valence electrons. The molecule has 1 aromatic carbocycles. The van der Waals surface area contributed by atoms with Crippen molar-refractivity contribution in [1.29, 1.82) is 0 Å². The van der Waals surface area contributed by atoms with Crippen molar-refractivity contribution in [3.05, 3.63) is 27.8 Å². The monoisotopic (exact) mass is 196 g/mol. The summed E-state index contributed by atoms with van der Waals surface area (Å²) in [6, 6.07) is 2.01. The number of benzene rings is 1. The van der Waals surface area contributed by atoms with Crippen LogP contribution < -0.4 is 5.73 Å². The molecular formula is C8H8N2O4. The number of hydrogen-bond acceptors (Lipinski definition) is 5. The predicted molar refractivity (Wildman–Crippen MR) is 49.2 cm³/mol. The number of anilines is 1. The Morgan fingerprint density at radius 3 is 2.57 bits per heavy atom. The van der Waals surface area contributed by atoms with Gasteiger partial charge in [0.1, 0.15) is 11.4 Å². The molecule has 0 fully saturated rings. The van der Waals surface area contributed by atoms with E-state index in [-0.39, 0.29) is 17.0 Å². The van der Waals surface area contributed by atoms with Gasteiger partial charge >= 0.3 is 0 Å². The van der Waals surface area contributed by atoms with Crippen molar-refractivity contribution in [3.8, 4) is 5.75 Å². The maximum Gasteiger partial charge on any atom is 0.296 e. The molecule has 6 nitrogen and oxygen atoms in total. The first-order valence-corrected chi connectivity index (χ1v) is 3.71. The van der Waals surface area contributed by atoms with E-state index in [1.165, 1.54) is 6.92 Å². The van der Waals surface area contributed by atoms with Gasteiger partial charge in [0.25, 0.3) is 5.69 Å². The Morgan fingerprint density at radius 1 is 1.57 bits per heavy atom. The Balaban J connectivity index is 3.47. The summed E-state index contributed by atoms with van der Waals surface area (Å²) in [5, 5.41) is 19.6. The minimum absolute atomic E-state index is 0.0447. The van der Waals surface area contributed by atoms with E-state index in [0.717, 1.165) is 12.1 Å². The third-order valence-corrected chi connectivity index (χ3v) is 1.72. The number of phenols is 1. The zero-order valence-corrected chi connectivity index (χ0v) is 7.35. The zero-order chi connectivity index (χ0) is 10.9. The van der Waals surface area contributed by atoms with Gasteiger partial charge in [-0.25, -0.2) is 0 Å². The maximum atomic E-state index is 11.0. The van der Waals surface area contributed by atoms with Crippen LogP contribution >= 0.6 is 0 Å².